The Morgan fingerprint density at radius 3 is 2.45 bits per heavy atom. The molecule has 0 unspecified atom stereocenters. The van der Waals surface area contributed by atoms with Crippen molar-refractivity contribution in [3.8, 4) is 5.75 Å². The number of oxazole rings is 1. The van der Waals surface area contributed by atoms with Gasteiger partial charge in [0.2, 0.25) is 5.91 Å². The Kier molecular flexibility index (Phi) is 6.47. The van der Waals surface area contributed by atoms with Gasteiger partial charge in [-0.25, -0.2) is 4.79 Å². The fourth-order valence-corrected chi connectivity index (χ4v) is 3.45. The van der Waals surface area contributed by atoms with Crippen LogP contribution in [0.4, 0.5) is 0 Å². The van der Waals surface area contributed by atoms with E-state index >= 15 is 0 Å². The molecule has 1 N–H and O–H groups in total. The molecule has 0 bridgehead atoms. The number of carbonyl (C=O) groups excluding carboxylic acids is 1. The molecule has 0 aliphatic carbocycles. The highest BCUT2D eigenvalue weighted by Gasteiger charge is 2.10. The van der Waals surface area contributed by atoms with Crippen LogP contribution in [-0.2, 0) is 24.5 Å². The average molecular weight is 416 g/mol. The van der Waals surface area contributed by atoms with Crippen LogP contribution in [0.2, 0.25) is 0 Å². The number of benzene rings is 3. The summed E-state index contributed by atoms with van der Waals surface area (Å²) in [5.41, 5.74) is 3.36. The number of hydrogen-bond donors (Lipinski definition) is 1. The molecule has 0 fully saturated rings. The van der Waals surface area contributed by atoms with Crippen LogP contribution < -0.4 is 15.8 Å². The molecule has 0 aliphatic heterocycles. The van der Waals surface area contributed by atoms with Gasteiger partial charge in [-0.05, 0) is 41.8 Å². The smallest absolute Gasteiger partial charge is 0.419 e. The minimum atomic E-state index is -0.394. The molecule has 4 aromatic rings. The standard InChI is InChI=1S/C25H24N2O4/c28-24(15-8-16-27-22-13-6-7-14-23(22)31-25(27)29)26-17-19-9-4-5-10-20(19)18-30-21-11-2-1-3-12-21/h1-7,9-14H,8,15-18H2,(H,26,28). The molecule has 6 heteroatoms. The third-order valence-electron chi connectivity index (χ3n) is 5.09. The number of aromatic nitrogens is 1. The van der Waals surface area contributed by atoms with Crippen LogP contribution in [0.5, 0.6) is 5.75 Å². The Bertz CT molecular complexity index is 1210. The maximum atomic E-state index is 12.3. The molecule has 0 atom stereocenters. The molecule has 0 saturated carbocycles. The Morgan fingerprint density at radius 1 is 0.903 bits per heavy atom. The van der Waals surface area contributed by atoms with Crippen LogP contribution in [-0.4, -0.2) is 10.5 Å². The molecular formula is C25H24N2O4. The fourth-order valence-electron chi connectivity index (χ4n) is 3.45. The first-order valence-corrected chi connectivity index (χ1v) is 10.3. The number of ether oxygens (including phenoxy) is 1. The molecule has 0 aliphatic rings. The predicted molar refractivity (Wildman–Crippen MR) is 119 cm³/mol. The van der Waals surface area contributed by atoms with Gasteiger partial charge in [-0.2, -0.15) is 0 Å². The van der Waals surface area contributed by atoms with E-state index in [1.807, 2.05) is 72.8 Å². The molecule has 31 heavy (non-hydrogen) atoms. The quantitative estimate of drug-likeness (QED) is 0.442. The zero-order valence-electron chi connectivity index (χ0n) is 17.1. The molecule has 4 rings (SSSR count). The van der Waals surface area contributed by atoms with E-state index in [0.29, 0.717) is 38.1 Å². The van der Waals surface area contributed by atoms with Gasteiger partial charge in [-0.15, -0.1) is 0 Å². The first kappa shape index (κ1) is 20.5. The minimum Gasteiger partial charge on any atom is -0.489 e. The lowest BCUT2D eigenvalue weighted by molar-refractivity contribution is -0.121. The van der Waals surface area contributed by atoms with Gasteiger partial charge in [-0.1, -0.05) is 54.6 Å². The summed E-state index contributed by atoms with van der Waals surface area (Å²) in [4.78, 5) is 24.3. The van der Waals surface area contributed by atoms with Crippen LogP contribution in [0.15, 0.2) is 88.1 Å². The summed E-state index contributed by atoms with van der Waals surface area (Å²) >= 11 is 0. The highest BCUT2D eigenvalue weighted by Crippen LogP contribution is 2.15. The topological polar surface area (TPSA) is 73.5 Å². The summed E-state index contributed by atoms with van der Waals surface area (Å²) in [5.74, 6) is 0.358. The maximum absolute atomic E-state index is 12.3. The first-order chi connectivity index (χ1) is 15.2. The number of nitrogens with zero attached hydrogens (tertiary/aromatic N) is 1. The molecule has 1 aromatic heterocycles. The largest absolute Gasteiger partial charge is 0.489 e. The third-order valence-corrected chi connectivity index (χ3v) is 5.09. The number of nitrogens with one attached hydrogen (secondary N) is 1. The normalized spacial score (nSPS) is 10.8. The van der Waals surface area contributed by atoms with Crippen molar-refractivity contribution >= 4 is 17.0 Å². The van der Waals surface area contributed by atoms with Crippen molar-refractivity contribution in [3.05, 3.63) is 101 Å². The van der Waals surface area contributed by atoms with E-state index in [4.69, 9.17) is 9.15 Å². The summed E-state index contributed by atoms with van der Waals surface area (Å²) < 4.78 is 12.6. The molecule has 0 radical (unpaired) electrons. The number of fused-ring (bicyclic) bond motifs is 1. The Balaban J connectivity index is 1.28. The van der Waals surface area contributed by atoms with Gasteiger partial charge in [0, 0.05) is 19.5 Å². The Hall–Kier alpha value is -3.80. The lowest BCUT2D eigenvalue weighted by Gasteiger charge is -2.12. The molecule has 1 amide bonds. The van der Waals surface area contributed by atoms with E-state index in [9.17, 15) is 9.59 Å². The van der Waals surface area contributed by atoms with Crippen molar-refractivity contribution in [3.63, 3.8) is 0 Å². The van der Waals surface area contributed by atoms with Gasteiger partial charge < -0.3 is 14.5 Å². The SMILES string of the molecule is O=C(CCCn1c(=O)oc2ccccc21)NCc1ccccc1COc1ccccc1. The average Bonchev–Trinajstić information content (AvgIpc) is 3.12. The van der Waals surface area contributed by atoms with Crippen molar-refractivity contribution in [1.82, 2.24) is 9.88 Å². The molecule has 0 spiro atoms. The van der Waals surface area contributed by atoms with Gasteiger partial charge in [0.05, 0.1) is 5.52 Å². The van der Waals surface area contributed by atoms with E-state index in [1.54, 1.807) is 10.6 Å². The number of amides is 1. The van der Waals surface area contributed by atoms with E-state index in [2.05, 4.69) is 5.32 Å². The van der Waals surface area contributed by atoms with Crippen molar-refractivity contribution in [1.29, 1.82) is 0 Å². The number of aryl methyl sites for hydroxylation is 1. The summed E-state index contributed by atoms with van der Waals surface area (Å²) in [6.45, 7) is 1.30. The maximum Gasteiger partial charge on any atom is 0.419 e. The molecule has 6 nitrogen and oxygen atoms in total. The summed E-state index contributed by atoms with van der Waals surface area (Å²) in [5, 5.41) is 2.96. The molecular weight excluding hydrogens is 392 g/mol. The van der Waals surface area contributed by atoms with Crippen molar-refractivity contribution in [2.24, 2.45) is 0 Å². The van der Waals surface area contributed by atoms with Gasteiger partial charge in [-0.3, -0.25) is 9.36 Å². The van der Waals surface area contributed by atoms with Crippen LogP contribution in [0.1, 0.15) is 24.0 Å². The number of para-hydroxylation sites is 3. The molecule has 1 heterocycles. The fraction of sp³-hybridized carbons (Fsp3) is 0.200. The number of hydrogen-bond acceptors (Lipinski definition) is 4. The molecule has 3 aromatic carbocycles. The minimum absolute atomic E-state index is 0.0559. The zero-order valence-corrected chi connectivity index (χ0v) is 17.1. The highest BCUT2D eigenvalue weighted by molar-refractivity contribution is 5.76. The second-order valence-corrected chi connectivity index (χ2v) is 7.24. The van der Waals surface area contributed by atoms with E-state index in [-0.39, 0.29) is 5.91 Å². The monoisotopic (exact) mass is 416 g/mol. The summed E-state index contributed by atoms with van der Waals surface area (Å²) in [6.07, 6.45) is 0.878. The molecule has 0 saturated heterocycles. The second kappa shape index (κ2) is 9.80. The first-order valence-electron chi connectivity index (χ1n) is 10.3. The van der Waals surface area contributed by atoms with E-state index in [1.165, 1.54) is 0 Å². The number of rotatable bonds is 9. The van der Waals surface area contributed by atoms with Gasteiger partial charge in [0.1, 0.15) is 12.4 Å². The molecule has 158 valence electrons. The predicted octanol–water partition coefficient (Wildman–Crippen LogP) is 4.27. The Morgan fingerprint density at radius 2 is 1.61 bits per heavy atom. The van der Waals surface area contributed by atoms with Crippen LogP contribution in [0.25, 0.3) is 11.1 Å². The van der Waals surface area contributed by atoms with Crippen LogP contribution in [0, 0.1) is 0 Å². The van der Waals surface area contributed by atoms with Crippen LogP contribution in [0.3, 0.4) is 0 Å². The highest BCUT2D eigenvalue weighted by atomic mass is 16.5. The van der Waals surface area contributed by atoms with Crippen LogP contribution >= 0.6 is 0 Å². The van der Waals surface area contributed by atoms with Gasteiger partial charge >= 0.3 is 5.76 Å². The van der Waals surface area contributed by atoms with Gasteiger partial charge in [0.25, 0.3) is 0 Å². The summed E-state index contributed by atoms with van der Waals surface area (Å²) in [7, 11) is 0. The second-order valence-electron chi connectivity index (χ2n) is 7.24. The number of carbonyl (C=O) groups is 1. The Labute approximate surface area is 180 Å². The lowest BCUT2D eigenvalue weighted by atomic mass is 10.1. The van der Waals surface area contributed by atoms with Crippen molar-refractivity contribution in [2.75, 3.05) is 0 Å². The van der Waals surface area contributed by atoms with Crippen molar-refractivity contribution < 1.29 is 13.9 Å². The third kappa shape index (κ3) is 5.22. The summed E-state index contributed by atoms with van der Waals surface area (Å²) in [6, 6.07) is 24.8. The van der Waals surface area contributed by atoms with Crippen molar-refractivity contribution in [2.45, 2.75) is 32.5 Å². The van der Waals surface area contributed by atoms with E-state index < -0.39 is 5.76 Å². The van der Waals surface area contributed by atoms with Gasteiger partial charge in [0.15, 0.2) is 5.58 Å². The van der Waals surface area contributed by atoms with E-state index in [0.717, 1.165) is 22.4 Å². The zero-order chi connectivity index (χ0) is 21.5. The lowest BCUT2D eigenvalue weighted by Crippen LogP contribution is -2.24.